The van der Waals surface area contributed by atoms with Crippen LogP contribution in [0.2, 0.25) is 0 Å². The van der Waals surface area contributed by atoms with Crippen LogP contribution in [0.3, 0.4) is 0 Å². The van der Waals surface area contributed by atoms with Gasteiger partial charge in [0.05, 0.1) is 7.11 Å². The molecule has 104 valence electrons. The van der Waals surface area contributed by atoms with Crippen LogP contribution >= 0.6 is 0 Å². The van der Waals surface area contributed by atoms with Crippen molar-refractivity contribution >= 4 is 5.91 Å². The van der Waals surface area contributed by atoms with E-state index < -0.39 is 17.3 Å². The number of aliphatic hydroxyl groups is 1. The van der Waals surface area contributed by atoms with Crippen LogP contribution in [0.4, 0.5) is 4.39 Å². The lowest BCUT2D eigenvalue weighted by atomic mass is 9.99. The molecule has 1 aliphatic rings. The van der Waals surface area contributed by atoms with Crippen LogP contribution < -0.4 is 10.1 Å². The Morgan fingerprint density at radius 3 is 2.79 bits per heavy atom. The SMILES string of the molecule is COc1ccc(CNC(=O)C(C)(O)C2CC2)cc1F. The van der Waals surface area contributed by atoms with E-state index >= 15 is 0 Å². The summed E-state index contributed by atoms with van der Waals surface area (Å²) in [7, 11) is 1.40. The molecule has 1 aromatic carbocycles. The second-order valence-electron chi connectivity index (χ2n) is 5.07. The first-order chi connectivity index (χ1) is 8.95. The molecule has 1 aliphatic carbocycles. The van der Waals surface area contributed by atoms with Gasteiger partial charge in [-0.15, -0.1) is 0 Å². The number of nitrogens with one attached hydrogen (secondary N) is 1. The number of hydrogen-bond acceptors (Lipinski definition) is 3. The standard InChI is InChI=1S/C14H18FNO3/c1-14(18,10-4-5-10)13(17)16-8-9-3-6-12(19-2)11(15)7-9/h3,6-7,10,18H,4-5,8H2,1-2H3,(H,16,17). The first-order valence-corrected chi connectivity index (χ1v) is 6.28. The van der Waals surface area contributed by atoms with Crippen LogP contribution in [0, 0.1) is 11.7 Å². The van der Waals surface area contributed by atoms with Crippen molar-refractivity contribution in [2.75, 3.05) is 7.11 Å². The van der Waals surface area contributed by atoms with Crippen molar-refractivity contribution in [3.63, 3.8) is 0 Å². The van der Waals surface area contributed by atoms with E-state index in [1.54, 1.807) is 6.07 Å². The molecule has 0 radical (unpaired) electrons. The van der Waals surface area contributed by atoms with E-state index in [1.807, 2.05) is 0 Å². The number of methoxy groups -OCH3 is 1. The van der Waals surface area contributed by atoms with E-state index in [-0.39, 0.29) is 18.2 Å². The fourth-order valence-electron chi connectivity index (χ4n) is 2.01. The summed E-state index contributed by atoms with van der Waals surface area (Å²) in [5.74, 6) is -0.672. The van der Waals surface area contributed by atoms with Crippen LogP contribution in [-0.4, -0.2) is 23.7 Å². The predicted octanol–water partition coefficient (Wildman–Crippen LogP) is 1.61. The lowest BCUT2D eigenvalue weighted by Crippen LogP contribution is -2.45. The number of amides is 1. The third kappa shape index (κ3) is 3.04. The molecule has 2 rings (SSSR count). The molecule has 1 fully saturated rings. The fourth-order valence-corrected chi connectivity index (χ4v) is 2.01. The van der Waals surface area contributed by atoms with E-state index in [4.69, 9.17) is 4.74 Å². The maximum atomic E-state index is 13.5. The Kier molecular flexibility index (Phi) is 3.75. The maximum Gasteiger partial charge on any atom is 0.252 e. The predicted molar refractivity (Wildman–Crippen MR) is 68.1 cm³/mol. The lowest BCUT2D eigenvalue weighted by Gasteiger charge is -2.21. The quantitative estimate of drug-likeness (QED) is 0.852. The Morgan fingerprint density at radius 2 is 2.26 bits per heavy atom. The minimum absolute atomic E-state index is 0.0418. The number of carbonyl (C=O) groups excluding carboxylic acids is 1. The molecule has 1 unspecified atom stereocenters. The summed E-state index contributed by atoms with van der Waals surface area (Å²) < 4.78 is 18.3. The molecular formula is C14H18FNO3. The van der Waals surface area contributed by atoms with Gasteiger partial charge in [-0.25, -0.2) is 4.39 Å². The Balaban J connectivity index is 1.95. The molecule has 0 spiro atoms. The third-order valence-corrected chi connectivity index (χ3v) is 3.50. The van der Waals surface area contributed by atoms with Gasteiger partial charge >= 0.3 is 0 Å². The molecule has 19 heavy (non-hydrogen) atoms. The highest BCUT2D eigenvalue weighted by atomic mass is 19.1. The highest BCUT2D eigenvalue weighted by Gasteiger charge is 2.45. The molecule has 0 aromatic heterocycles. The van der Waals surface area contributed by atoms with Crippen LogP contribution in [0.25, 0.3) is 0 Å². The van der Waals surface area contributed by atoms with E-state index in [1.165, 1.54) is 26.2 Å². The van der Waals surface area contributed by atoms with Crippen molar-refractivity contribution in [3.8, 4) is 5.75 Å². The molecule has 0 saturated heterocycles. The Labute approximate surface area is 111 Å². The molecular weight excluding hydrogens is 249 g/mol. The smallest absolute Gasteiger partial charge is 0.252 e. The minimum Gasteiger partial charge on any atom is -0.494 e. The van der Waals surface area contributed by atoms with Gasteiger partial charge < -0.3 is 15.2 Å². The van der Waals surface area contributed by atoms with Crippen molar-refractivity contribution in [2.24, 2.45) is 5.92 Å². The summed E-state index contributed by atoms with van der Waals surface area (Å²) in [5, 5.41) is 12.7. The van der Waals surface area contributed by atoms with E-state index in [2.05, 4.69) is 5.32 Å². The van der Waals surface area contributed by atoms with Gasteiger partial charge in [0.25, 0.3) is 5.91 Å². The van der Waals surface area contributed by atoms with Gasteiger partial charge in [0.2, 0.25) is 0 Å². The summed E-state index contributed by atoms with van der Waals surface area (Å²) in [6, 6.07) is 4.49. The molecule has 1 saturated carbocycles. The van der Waals surface area contributed by atoms with E-state index in [0.717, 1.165) is 12.8 Å². The summed E-state index contributed by atoms with van der Waals surface area (Å²) in [6.07, 6.45) is 1.75. The maximum absolute atomic E-state index is 13.5. The zero-order valence-electron chi connectivity index (χ0n) is 11.1. The fraction of sp³-hybridized carbons (Fsp3) is 0.500. The number of benzene rings is 1. The van der Waals surface area contributed by atoms with Crippen molar-refractivity contribution in [2.45, 2.75) is 31.9 Å². The van der Waals surface area contributed by atoms with Crippen molar-refractivity contribution in [1.29, 1.82) is 0 Å². The summed E-state index contributed by atoms with van der Waals surface area (Å²) >= 11 is 0. The second kappa shape index (κ2) is 5.17. The zero-order valence-corrected chi connectivity index (χ0v) is 11.1. The van der Waals surface area contributed by atoms with Gasteiger partial charge in [-0.1, -0.05) is 6.07 Å². The molecule has 1 atom stereocenters. The minimum atomic E-state index is -1.33. The Bertz CT molecular complexity index is 484. The molecule has 0 bridgehead atoms. The molecule has 1 amide bonds. The number of hydrogen-bond donors (Lipinski definition) is 2. The number of carbonyl (C=O) groups is 1. The van der Waals surface area contributed by atoms with E-state index in [0.29, 0.717) is 5.56 Å². The number of halogens is 1. The van der Waals surface area contributed by atoms with Gasteiger partial charge in [0, 0.05) is 6.54 Å². The molecule has 4 nitrogen and oxygen atoms in total. The first kappa shape index (κ1) is 13.8. The topological polar surface area (TPSA) is 58.6 Å². The lowest BCUT2D eigenvalue weighted by molar-refractivity contribution is -0.140. The molecule has 0 heterocycles. The van der Waals surface area contributed by atoms with Crippen molar-refractivity contribution in [1.82, 2.24) is 5.32 Å². The van der Waals surface area contributed by atoms with Gasteiger partial charge in [0.1, 0.15) is 5.60 Å². The summed E-state index contributed by atoms with van der Waals surface area (Å²) in [6.45, 7) is 1.71. The van der Waals surface area contributed by atoms with Gasteiger partial charge in [-0.3, -0.25) is 4.79 Å². The summed E-state index contributed by atoms with van der Waals surface area (Å²) in [5.41, 5.74) is -0.705. The highest BCUT2D eigenvalue weighted by Crippen LogP contribution is 2.39. The second-order valence-corrected chi connectivity index (χ2v) is 5.07. The van der Waals surface area contributed by atoms with Crippen LogP contribution in [0.15, 0.2) is 18.2 Å². The summed E-state index contributed by atoms with van der Waals surface area (Å²) in [4.78, 5) is 11.8. The first-order valence-electron chi connectivity index (χ1n) is 6.28. The average Bonchev–Trinajstić information content (AvgIpc) is 3.20. The van der Waals surface area contributed by atoms with Crippen molar-refractivity contribution < 1.29 is 19.0 Å². The number of rotatable bonds is 5. The molecule has 0 aliphatic heterocycles. The van der Waals surface area contributed by atoms with Gasteiger partial charge in [-0.05, 0) is 43.4 Å². The third-order valence-electron chi connectivity index (χ3n) is 3.50. The Morgan fingerprint density at radius 1 is 1.58 bits per heavy atom. The van der Waals surface area contributed by atoms with Gasteiger partial charge in [-0.2, -0.15) is 0 Å². The van der Waals surface area contributed by atoms with Gasteiger partial charge in [0.15, 0.2) is 11.6 Å². The molecule has 1 aromatic rings. The van der Waals surface area contributed by atoms with Crippen LogP contribution in [0.5, 0.6) is 5.75 Å². The van der Waals surface area contributed by atoms with E-state index in [9.17, 15) is 14.3 Å². The largest absolute Gasteiger partial charge is 0.494 e. The van der Waals surface area contributed by atoms with Crippen LogP contribution in [0.1, 0.15) is 25.3 Å². The van der Waals surface area contributed by atoms with Crippen LogP contribution in [-0.2, 0) is 11.3 Å². The average molecular weight is 267 g/mol. The molecule has 2 N–H and O–H groups in total. The Hall–Kier alpha value is -1.62. The highest BCUT2D eigenvalue weighted by molar-refractivity contribution is 5.85. The molecule has 5 heteroatoms. The zero-order chi connectivity index (χ0) is 14.0. The van der Waals surface area contributed by atoms with Crippen molar-refractivity contribution in [3.05, 3.63) is 29.6 Å². The normalized spacial score (nSPS) is 17.7. The monoisotopic (exact) mass is 267 g/mol. The number of ether oxygens (including phenoxy) is 1.